The fourth-order valence-corrected chi connectivity index (χ4v) is 4.82. The number of aldehydes is 1. The number of nitrogens with zero attached hydrogens (tertiary/aromatic N) is 1. The summed E-state index contributed by atoms with van der Waals surface area (Å²) in [6, 6.07) is 6.56. The van der Waals surface area contributed by atoms with Crippen molar-refractivity contribution in [2.45, 2.75) is 64.6 Å². The highest BCUT2D eigenvalue weighted by atomic mass is 32.1. The summed E-state index contributed by atoms with van der Waals surface area (Å²) in [5.74, 6) is -1.28. The average Bonchev–Trinajstić information content (AvgIpc) is 3.26. The van der Waals surface area contributed by atoms with Crippen LogP contribution in [0.5, 0.6) is 0 Å². The highest BCUT2D eigenvalue weighted by Gasteiger charge is 2.38. The Morgan fingerprint density at radius 3 is 2.50 bits per heavy atom. The third kappa shape index (κ3) is 5.62. The second kappa shape index (κ2) is 9.65. The lowest BCUT2D eigenvalue weighted by Gasteiger charge is -2.26. The molecule has 1 aromatic carbocycles. The molecule has 170 valence electrons. The number of benzene rings is 1. The Kier molecular flexibility index (Phi) is 7.13. The van der Waals surface area contributed by atoms with Gasteiger partial charge in [-0.3, -0.25) is 19.2 Å². The van der Waals surface area contributed by atoms with E-state index in [4.69, 9.17) is 10.5 Å². The maximum Gasteiger partial charge on any atom is 0.306 e. The fourth-order valence-electron chi connectivity index (χ4n) is 3.75. The molecule has 0 aliphatic carbocycles. The number of primary amides is 1. The van der Waals surface area contributed by atoms with E-state index in [1.165, 1.54) is 16.2 Å². The van der Waals surface area contributed by atoms with Crippen LogP contribution in [-0.2, 0) is 33.7 Å². The zero-order chi connectivity index (χ0) is 23.5. The number of carbonyl (C=O) groups excluding carboxylic acids is 4. The largest absolute Gasteiger partial charge is 0.460 e. The third-order valence-electron chi connectivity index (χ3n) is 5.31. The molecule has 0 saturated carbocycles. The van der Waals surface area contributed by atoms with Crippen LogP contribution in [0.1, 0.15) is 70.3 Å². The van der Waals surface area contributed by atoms with Crippen molar-refractivity contribution in [1.82, 2.24) is 4.90 Å². The molecule has 2 N–H and O–H groups in total. The minimum Gasteiger partial charge on any atom is -0.460 e. The molecule has 1 aliphatic heterocycles. The Hall–Kier alpha value is -3.00. The first kappa shape index (κ1) is 23.7. The number of ether oxygens (including phenoxy) is 1. The van der Waals surface area contributed by atoms with Crippen molar-refractivity contribution in [3.8, 4) is 0 Å². The number of hydrogen-bond donors (Lipinski definition) is 1. The second-order valence-corrected chi connectivity index (χ2v) is 9.78. The van der Waals surface area contributed by atoms with Crippen LogP contribution in [0, 0.1) is 0 Å². The van der Waals surface area contributed by atoms with Crippen molar-refractivity contribution >= 4 is 35.4 Å². The molecule has 1 unspecified atom stereocenters. The molecule has 0 fully saturated rings. The van der Waals surface area contributed by atoms with Gasteiger partial charge in [-0.2, -0.15) is 0 Å². The topological polar surface area (TPSA) is 107 Å². The van der Waals surface area contributed by atoms with Crippen molar-refractivity contribution in [3.63, 3.8) is 0 Å². The molecule has 0 saturated heterocycles. The van der Waals surface area contributed by atoms with Gasteiger partial charge in [0.1, 0.15) is 17.9 Å². The van der Waals surface area contributed by atoms with Crippen molar-refractivity contribution in [1.29, 1.82) is 0 Å². The van der Waals surface area contributed by atoms with E-state index >= 15 is 0 Å². The first-order chi connectivity index (χ1) is 15.1. The first-order valence-electron chi connectivity index (χ1n) is 10.5. The van der Waals surface area contributed by atoms with E-state index in [2.05, 4.69) is 0 Å². The number of aryl methyl sites for hydroxylation is 2. The third-order valence-corrected chi connectivity index (χ3v) is 6.37. The van der Waals surface area contributed by atoms with E-state index in [9.17, 15) is 19.2 Å². The van der Waals surface area contributed by atoms with Crippen LogP contribution in [0.3, 0.4) is 0 Å². The van der Waals surface area contributed by atoms with Crippen LogP contribution in [0.25, 0.3) is 0 Å². The quantitative estimate of drug-likeness (QED) is 0.460. The molecule has 0 spiro atoms. The lowest BCUT2D eigenvalue weighted by molar-refractivity contribution is -0.155. The van der Waals surface area contributed by atoms with Crippen LogP contribution in [-0.4, -0.2) is 40.6 Å². The van der Waals surface area contributed by atoms with Crippen LogP contribution in [0.2, 0.25) is 0 Å². The lowest BCUT2D eigenvalue weighted by atomic mass is 10.0. The van der Waals surface area contributed by atoms with Crippen LogP contribution >= 0.6 is 11.3 Å². The highest BCUT2D eigenvalue weighted by Crippen LogP contribution is 2.34. The minimum absolute atomic E-state index is 0.00590. The van der Waals surface area contributed by atoms with E-state index in [-0.39, 0.29) is 18.7 Å². The SMILES string of the molecule is CC(C)(C)OC(=O)CCC(C(N)=O)N1Cc2c(CCc3ccc(C=O)cc3)csc2C1=O. The van der Waals surface area contributed by atoms with Crippen LogP contribution in [0.4, 0.5) is 0 Å². The molecule has 1 atom stereocenters. The molecule has 0 radical (unpaired) electrons. The van der Waals surface area contributed by atoms with Crippen LogP contribution < -0.4 is 5.73 Å². The summed E-state index contributed by atoms with van der Waals surface area (Å²) in [6.45, 7) is 5.63. The summed E-state index contributed by atoms with van der Waals surface area (Å²) < 4.78 is 5.30. The van der Waals surface area contributed by atoms with Gasteiger partial charge in [-0.25, -0.2) is 0 Å². The van der Waals surface area contributed by atoms with Crippen LogP contribution in [0.15, 0.2) is 29.6 Å². The molecular formula is C24H28N2O5S. The Labute approximate surface area is 191 Å². The number of nitrogens with two attached hydrogens (primary N) is 1. The minimum atomic E-state index is -0.863. The monoisotopic (exact) mass is 456 g/mol. The molecule has 2 aromatic rings. The number of esters is 1. The van der Waals surface area contributed by atoms with E-state index in [0.717, 1.165) is 35.8 Å². The van der Waals surface area contributed by atoms with Gasteiger partial charge in [0.25, 0.3) is 5.91 Å². The Morgan fingerprint density at radius 1 is 1.22 bits per heavy atom. The summed E-state index contributed by atoms with van der Waals surface area (Å²) in [5, 5.41) is 1.99. The normalized spacial score (nSPS) is 14.2. The summed E-state index contributed by atoms with van der Waals surface area (Å²) in [6.07, 6.45) is 2.46. The Bertz CT molecular complexity index is 1020. The van der Waals surface area contributed by atoms with Gasteiger partial charge in [0, 0.05) is 18.5 Å². The first-order valence-corrected chi connectivity index (χ1v) is 11.4. The predicted molar refractivity (Wildman–Crippen MR) is 121 cm³/mol. The maximum absolute atomic E-state index is 13.0. The molecule has 2 amide bonds. The second-order valence-electron chi connectivity index (χ2n) is 8.90. The zero-order valence-electron chi connectivity index (χ0n) is 18.6. The molecule has 7 nitrogen and oxygen atoms in total. The number of amides is 2. The van der Waals surface area contributed by atoms with Gasteiger partial charge in [-0.1, -0.05) is 24.3 Å². The molecule has 32 heavy (non-hydrogen) atoms. The Balaban J connectivity index is 1.66. The van der Waals surface area contributed by atoms with Gasteiger partial charge < -0.3 is 15.4 Å². The summed E-state index contributed by atoms with van der Waals surface area (Å²) in [7, 11) is 0. The lowest BCUT2D eigenvalue weighted by Crippen LogP contribution is -2.45. The van der Waals surface area contributed by atoms with Gasteiger partial charge in [0.2, 0.25) is 5.91 Å². The van der Waals surface area contributed by atoms with Gasteiger partial charge in [-0.15, -0.1) is 11.3 Å². The zero-order valence-corrected chi connectivity index (χ0v) is 19.4. The Morgan fingerprint density at radius 2 is 1.91 bits per heavy atom. The predicted octanol–water partition coefficient (Wildman–Crippen LogP) is 3.28. The molecule has 2 heterocycles. The van der Waals surface area contributed by atoms with Crippen molar-refractivity contribution in [2.24, 2.45) is 5.73 Å². The molecule has 1 aliphatic rings. The highest BCUT2D eigenvalue weighted by molar-refractivity contribution is 7.12. The van der Waals surface area contributed by atoms with E-state index < -0.39 is 23.5 Å². The number of rotatable bonds is 9. The van der Waals surface area contributed by atoms with E-state index in [1.807, 2.05) is 17.5 Å². The van der Waals surface area contributed by atoms with E-state index in [0.29, 0.717) is 17.0 Å². The number of hydrogen-bond acceptors (Lipinski definition) is 6. The molecular weight excluding hydrogens is 428 g/mol. The standard InChI is InChI=1S/C24H28N2O5S/c1-24(2,3)31-20(28)11-10-19(22(25)29)26-12-18-17(14-32-21(18)23(26)30)9-8-15-4-6-16(13-27)7-5-15/h4-7,13-14,19H,8-12H2,1-3H3,(H2,25,29). The molecule has 8 heteroatoms. The van der Waals surface area contributed by atoms with Gasteiger partial charge in [-0.05, 0) is 62.1 Å². The number of carbonyl (C=O) groups is 4. The molecule has 3 rings (SSSR count). The number of fused-ring (bicyclic) bond motifs is 1. The van der Waals surface area contributed by atoms with Gasteiger partial charge >= 0.3 is 5.97 Å². The molecule has 0 bridgehead atoms. The molecule has 1 aromatic heterocycles. The van der Waals surface area contributed by atoms with Crippen molar-refractivity contribution in [3.05, 3.63) is 56.8 Å². The summed E-state index contributed by atoms with van der Waals surface area (Å²) >= 11 is 1.37. The summed E-state index contributed by atoms with van der Waals surface area (Å²) in [4.78, 5) is 50.0. The smallest absolute Gasteiger partial charge is 0.306 e. The van der Waals surface area contributed by atoms with Crippen molar-refractivity contribution in [2.75, 3.05) is 0 Å². The van der Waals surface area contributed by atoms with E-state index in [1.54, 1.807) is 32.9 Å². The average molecular weight is 457 g/mol. The maximum atomic E-state index is 13.0. The van der Waals surface area contributed by atoms with Gasteiger partial charge in [0.05, 0.1) is 4.88 Å². The summed E-state index contributed by atoms with van der Waals surface area (Å²) in [5.41, 5.74) is 8.70. The fraction of sp³-hybridized carbons (Fsp3) is 0.417. The van der Waals surface area contributed by atoms with Crippen molar-refractivity contribution < 1.29 is 23.9 Å². The van der Waals surface area contributed by atoms with Gasteiger partial charge in [0.15, 0.2) is 0 Å². The number of thiophene rings is 1.